The zero-order valence-corrected chi connectivity index (χ0v) is 18.1. The molecule has 7 rings (SSSR count). The summed E-state index contributed by atoms with van der Waals surface area (Å²) in [5.41, 5.74) is 1.83. The van der Waals surface area contributed by atoms with E-state index in [9.17, 15) is 19.2 Å². The third kappa shape index (κ3) is 3.00. The van der Waals surface area contributed by atoms with Gasteiger partial charge in [-0.3, -0.25) is 14.4 Å². The number of anilines is 1. The number of rotatable bonds is 5. The molecule has 166 valence electrons. The maximum Gasteiger partial charge on any atom is 0.340 e. The van der Waals surface area contributed by atoms with E-state index in [0.717, 1.165) is 12.0 Å². The number of amides is 2. The molecular weight excluding hydrogens is 418 g/mol. The number of hydrogen-bond acceptors (Lipinski definition) is 5. The molecule has 1 heterocycles. The minimum absolute atomic E-state index is 0.109. The van der Waals surface area contributed by atoms with Gasteiger partial charge < -0.3 is 4.74 Å². The molecule has 1 saturated heterocycles. The number of carbonyl (C=O) groups is 4. The predicted molar refractivity (Wildman–Crippen MR) is 119 cm³/mol. The van der Waals surface area contributed by atoms with Gasteiger partial charge in [-0.2, -0.15) is 0 Å². The second-order valence-electron chi connectivity index (χ2n) is 9.55. The zero-order chi connectivity index (χ0) is 22.9. The van der Waals surface area contributed by atoms with Crippen molar-refractivity contribution in [1.29, 1.82) is 0 Å². The third-order valence-electron chi connectivity index (χ3n) is 7.74. The van der Waals surface area contributed by atoms with Gasteiger partial charge in [-0.05, 0) is 49.1 Å². The Balaban J connectivity index is 1.24. The molecule has 2 aromatic carbocycles. The van der Waals surface area contributed by atoms with Crippen LogP contribution in [0.5, 0.6) is 0 Å². The van der Waals surface area contributed by atoms with Crippen LogP contribution in [0.1, 0.15) is 32.7 Å². The van der Waals surface area contributed by atoms with Crippen molar-refractivity contribution in [2.24, 2.45) is 35.5 Å². The van der Waals surface area contributed by atoms with E-state index >= 15 is 0 Å². The van der Waals surface area contributed by atoms with E-state index in [1.807, 2.05) is 19.1 Å². The van der Waals surface area contributed by atoms with Crippen LogP contribution in [0.4, 0.5) is 5.69 Å². The summed E-state index contributed by atoms with van der Waals surface area (Å²) < 4.78 is 5.29. The van der Waals surface area contributed by atoms with Crippen molar-refractivity contribution in [3.63, 3.8) is 0 Å². The van der Waals surface area contributed by atoms with E-state index in [0.29, 0.717) is 17.4 Å². The quantitative estimate of drug-likeness (QED) is 0.307. The topological polar surface area (TPSA) is 80.8 Å². The molecular formula is C27H23NO5. The molecule has 6 atom stereocenters. The number of ketones is 1. The summed E-state index contributed by atoms with van der Waals surface area (Å²) in [6.07, 6.45) is 5.32. The zero-order valence-electron chi connectivity index (χ0n) is 18.1. The molecule has 2 aromatic rings. The van der Waals surface area contributed by atoms with Crippen molar-refractivity contribution in [2.45, 2.75) is 13.3 Å². The predicted octanol–water partition coefficient (Wildman–Crippen LogP) is 3.59. The largest absolute Gasteiger partial charge is 0.454 e. The Bertz CT molecular complexity index is 1190. The fourth-order valence-electron chi connectivity index (χ4n) is 6.07. The number of carbonyl (C=O) groups excluding carboxylic acids is 4. The van der Waals surface area contributed by atoms with Crippen LogP contribution < -0.4 is 4.90 Å². The fraction of sp³-hybridized carbons (Fsp3) is 0.333. The van der Waals surface area contributed by atoms with E-state index in [1.54, 1.807) is 30.3 Å². The number of para-hydroxylation sites is 1. The van der Waals surface area contributed by atoms with E-state index in [-0.39, 0.29) is 52.5 Å². The summed E-state index contributed by atoms with van der Waals surface area (Å²) in [7, 11) is 0. The van der Waals surface area contributed by atoms with Crippen molar-refractivity contribution < 1.29 is 23.9 Å². The van der Waals surface area contributed by atoms with Crippen molar-refractivity contribution in [2.75, 3.05) is 11.5 Å². The van der Waals surface area contributed by atoms with Crippen molar-refractivity contribution in [3.8, 4) is 0 Å². The molecule has 3 fully saturated rings. The number of esters is 1. The normalized spacial score (nSPS) is 30.8. The first-order chi connectivity index (χ1) is 16.0. The number of aryl methyl sites for hydroxylation is 1. The monoisotopic (exact) mass is 441 g/mol. The lowest BCUT2D eigenvalue weighted by atomic mass is 9.63. The van der Waals surface area contributed by atoms with Gasteiger partial charge >= 0.3 is 5.97 Å². The van der Waals surface area contributed by atoms with Crippen LogP contribution in [0.15, 0.2) is 60.7 Å². The third-order valence-corrected chi connectivity index (χ3v) is 7.74. The van der Waals surface area contributed by atoms with Crippen LogP contribution in [-0.2, 0) is 14.3 Å². The van der Waals surface area contributed by atoms with E-state index < -0.39 is 12.6 Å². The molecule has 0 unspecified atom stereocenters. The molecule has 2 bridgehead atoms. The maximum absolute atomic E-state index is 13.4. The highest BCUT2D eigenvalue weighted by Gasteiger charge is 2.67. The SMILES string of the molecule is Cc1ccc(C(=O)COC(=O)c2ccccc2N2C(=O)[C@@H]3[C@@H]4C=C[C@H]([C@H]5C[C@H]45)[C@@H]3C2=O)cc1. The fourth-order valence-corrected chi connectivity index (χ4v) is 6.07. The van der Waals surface area contributed by atoms with Crippen LogP contribution in [0.3, 0.4) is 0 Å². The highest BCUT2D eigenvalue weighted by atomic mass is 16.5. The first-order valence-corrected chi connectivity index (χ1v) is 11.4. The molecule has 1 aliphatic heterocycles. The Labute approximate surface area is 191 Å². The van der Waals surface area contributed by atoms with Crippen molar-refractivity contribution in [1.82, 2.24) is 0 Å². The summed E-state index contributed by atoms with van der Waals surface area (Å²) in [6, 6.07) is 13.5. The molecule has 5 aliphatic rings. The summed E-state index contributed by atoms with van der Waals surface area (Å²) in [4.78, 5) is 53.4. The molecule has 33 heavy (non-hydrogen) atoms. The highest BCUT2D eigenvalue weighted by molar-refractivity contribution is 6.24. The molecule has 0 spiro atoms. The molecule has 6 heteroatoms. The van der Waals surface area contributed by atoms with Crippen molar-refractivity contribution >= 4 is 29.3 Å². The lowest BCUT2D eigenvalue weighted by Gasteiger charge is -2.37. The lowest BCUT2D eigenvalue weighted by molar-refractivity contribution is -0.124. The molecule has 0 radical (unpaired) electrons. The minimum Gasteiger partial charge on any atom is -0.454 e. The van der Waals surface area contributed by atoms with Gasteiger partial charge in [0.15, 0.2) is 12.4 Å². The van der Waals surface area contributed by atoms with Gasteiger partial charge in [0.25, 0.3) is 0 Å². The maximum atomic E-state index is 13.4. The van der Waals surface area contributed by atoms with E-state index in [2.05, 4.69) is 12.2 Å². The van der Waals surface area contributed by atoms with Gasteiger partial charge in [0, 0.05) is 5.56 Å². The molecule has 2 saturated carbocycles. The number of hydrogen-bond donors (Lipinski definition) is 0. The van der Waals surface area contributed by atoms with Gasteiger partial charge in [0.05, 0.1) is 23.1 Å². The van der Waals surface area contributed by atoms with Gasteiger partial charge in [-0.25, -0.2) is 9.69 Å². The Kier molecular flexibility index (Phi) is 4.41. The Morgan fingerprint density at radius 2 is 1.52 bits per heavy atom. The highest BCUT2D eigenvalue weighted by Crippen LogP contribution is 2.65. The number of benzene rings is 2. The summed E-state index contributed by atoms with van der Waals surface area (Å²) >= 11 is 0. The standard InChI is InChI=1S/C27H23NO5/c1-14-6-8-15(9-7-14)22(29)13-33-27(32)18-4-2-3-5-21(18)28-25(30)23-16-10-11-17(20-12-19(16)20)24(23)26(28)31/h2-11,16-17,19-20,23-24H,12-13H2,1H3/t16-,17-,19-,20-,23-,24+/m1/s1. The van der Waals surface area contributed by atoms with Gasteiger partial charge in [-0.1, -0.05) is 54.1 Å². The smallest absolute Gasteiger partial charge is 0.340 e. The van der Waals surface area contributed by atoms with Gasteiger partial charge in [0.2, 0.25) is 11.8 Å². The number of imide groups is 1. The van der Waals surface area contributed by atoms with E-state index in [1.165, 1.54) is 11.0 Å². The Morgan fingerprint density at radius 1 is 0.909 bits per heavy atom. The number of nitrogens with zero attached hydrogens (tertiary/aromatic N) is 1. The average Bonchev–Trinajstić information content (AvgIpc) is 3.61. The van der Waals surface area contributed by atoms with Crippen LogP contribution in [0.2, 0.25) is 0 Å². The average molecular weight is 441 g/mol. The number of Topliss-reactive ketones (excluding diaryl/α,β-unsaturated/α-hetero) is 1. The summed E-state index contributed by atoms with van der Waals surface area (Å²) in [5.74, 6) is -0.969. The lowest BCUT2D eigenvalue weighted by Crippen LogP contribution is -2.40. The van der Waals surface area contributed by atoms with Gasteiger partial charge in [-0.15, -0.1) is 0 Å². The number of allylic oxidation sites excluding steroid dienone is 2. The molecule has 2 amide bonds. The first kappa shape index (κ1) is 20.1. The van der Waals surface area contributed by atoms with Crippen LogP contribution in [0, 0.1) is 42.4 Å². The van der Waals surface area contributed by atoms with Crippen LogP contribution in [-0.4, -0.2) is 30.2 Å². The van der Waals surface area contributed by atoms with Gasteiger partial charge in [0.1, 0.15) is 0 Å². The minimum atomic E-state index is -0.731. The van der Waals surface area contributed by atoms with Crippen molar-refractivity contribution in [3.05, 3.63) is 77.4 Å². The molecule has 4 aliphatic carbocycles. The van der Waals surface area contributed by atoms with Crippen LogP contribution in [0.25, 0.3) is 0 Å². The first-order valence-electron chi connectivity index (χ1n) is 11.4. The Morgan fingerprint density at radius 3 is 2.15 bits per heavy atom. The molecule has 0 aromatic heterocycles. The van der Waals surface area contributed by atoms with E-state index in [4.69, 9.17) is 4.74 Å². The summed E-state index contributed by atoms with van der Waals surface area (Å²) in [5, 5.41) is 0. The molecule has 0 N–H and O–H groups in total. The number of ether oxygens (including phenoxy) is 1. The summed E-state index contributed by atoms with van der Waals surface area (Å²) in [6.45, 7) is 1.51. The second-order valence-corrected chi connectivity index (χ2v) is 9.55. The second kappa shape index (κ2) is 7.24. The Hall–Kier alpha value is -3.54. The molecule has 6 nitrogen and oxygen atoms in total. The van der Waals surface area contributed by atoms with Crippen LogP contribution >= 0.6 is 0 Å².